The van der Waals surface area contributed by atoms with Gasteiger partial charge in [0.2, 0.25) is 0 Å². The lowest BCUT2D eigenvalue weighted by Crippen LogP contribution is -2.31. The monoisotopic (exact) mass is 343 g/mol. The maximum absolute atomic E-state index is 13.0. The third-order valence-electron chi connectivity index (χ3n) is 4.53. The van der Waals surface area contributed by atoms with Gasteiger partial charge < -0.3 is 4.90 Å². The first-order chi connectivity index (χ1) is 11.4. The van der Waals surface area contributed by atoms with Crippen LogP contribution in [0.25, 0.3) is 0 Å². The van der Waals surface area contributed by atoms with E-state index in [4.69, 9.17) is 0 Å². The first kappa shape index (κ1) is 16.7. The van der Waals surface area contributed by atoms with Gasteiger partial charge in [-0.1, -0.05) is 31.2 Å². The van der Waals surface area contributed by atoms with Crippen LogP contribution in [0, 0.1) is 0 Å². The number of anilines is 1. The Kier molecular flexibility index (Phi) is 4.45. The molecule has 0 aromatic heterocycles. The van der Waals surface area contributed by atoms with Crippen molar-refractivity contribution in [2.24, 2.45) is 0 Å². The third-order valence-corrected chi connectivity index (χ3v) is 5.64. The highest BCUT2D eigenvalue weighted by molar-refractivity contribution is 7.90. The summed E-state index contributed by atoms with van der Waals surface area (Å²) in [5.74, 6) is 0.253. The number of para-hydroxylation sites is 1. The summed E-state index contributed by atoms with van der Waals surface area (Å²) in [6.07, 6.45) is 3.11. The van der Waals surface area contributed by atoms with Crippen LogP contribution in [0.15, 0.2) is 53.4 Å². The summed E-state index contributed by atoms with van der Waals surface area (Å²) in [7, 11) is -3.34. The molecule has 2 aromatic rings. The third kappa shape index (κ3) is 3.22. The number of hydrogen-bond acceptors (Lipinski definition) is 3. The normalized spacial score (nSPS) is 17.9. The fraction of sp³-hybridized carbons (Fsp3) is 0.316. The Labute approximate surface area is 143 Å². The summed E-state index contributed by atoms with van der Waals surface area (Å²) in [5, 5.41) is 0. The van der Waals surface area contributed by atoms with Gasteiger partial charge in [0.25, 0.3) is 5.91 Å². The lowest BCUT2D eigenvalue weighted by atomic mass is 9.96. The van der Waals surface area contributed by atoms with Crippen LogP contribution in [0.1, 0.15) is 41.6 Å². The molecule has 0 spiro atoms. The molecule has 0 N–H and O–H groups in total. The average Bonchev–Trinajstić information content (AvgIpc) is 2.73. The van der Waals surface area contributed by atoms with Crippen LogP contribution in [0.2, 0.25) is 0 Å². The molecule has 0 fully saturated rings. The zero-order valence-electron chi connectivity index (χ0n) is 13.9. The maximum atomic E-state index is 13.0. The Balaban J connectivity index is 2.03. The second kappa shape index (κ2) is 6.40. The SMILES string of the molecule is CC1CCCN(C(=O)c2cccc(S(C)(=O)=O)c2)c2ccccc21. The summed E-state index contributed by atoms with van der Waals surface area (Å²) < 4.78 is 23.5. The molecule has 5 heteroatoms. The highest BCUT2D eigenvalue weighted by Gasteiger charge is 2.25. The molecule has 0 saturated carbocycles. The fourth-order valence-electron chi connectivity index (χ4n) is 3.21. The van der Waals surface area contributed by atoms with E-state index >= 15 is 0 Å². The smallest absolute Gasteiger partial charge is 0.258 e. The molecular weight excluding hydrogens is 322 g/mol. The van der Waals surface area contributed by atoms with E-state index < -0.39 is 9.84 Å². The van der Waals surface area contributed by atoms with Gasteiger partial charge in [0.1, 0.15) is 0 Å². The minimum atomic E-state index is -3.34. The molecule has 1 heterocycles. The number of carbonyl (C=O) groups is 1. The molecule has 1 unspecified atom stereocenters. The first-order valence-electron chi connectivity index (χ1n) is 8.09. The quantitative estimate of drug-likeness (QED) is 0.836. The van der Waals surface area contributed by atoms with Crippen molar-refractivity contribution in [3.63, 3.8) is 0 Å². The average molecular weight is 343 g/mol. The van der Waals surface area contributed by atoms with Gasteiger partial charge in [0, 0.05) is 24.1 Å². The van der Waals surface area contributed by atoms with Crippen LogP contribution in [0.5, 0.6) is 0 Å². The molecule has 1 amide bonds. The molecule has 0 bridgehead atoms. The van der Waals surface area contributed by atoms with E-state index in [0.29, 0.717) is 18.0 Å². The predicted octanol–water partition coefficient (Wildman–Crippen LogP) is 3.63. The standard InChI is InChI=1S/C19H21NO3S/c1-14-7-6-12-20(18-11-4-3-10-17(14)18)19(21)15-8-5-9-16(13-15)24(2,22)23/h3-5,8-11,13-14H,6-7,12H2,1-2H3. The summed E-state index contributed by atoms with van der Waals surface area (Å²) in [5.41, 5.74) is 2.50. The van der Waals surface area contributed by atoms with Gasteiger partial charge in [-0.3, -0.25) is 4.79 Å². The van der Waals surface area contributed by atoms with E-state index in [9.17, 15) is 13.2 Å². The highest BCUT2D eigenvalue weighted by Crippen LogP contribution is 2.34. The summed E-state index contributed by atoms with van der Waals surface area (Å²) in [6.45, 7) is 2.82. The number of benzene rings is 2. The molecule has 1 aliphatic heterocycles. The molecule has 3 rings (SSSR count). The fourth-order valence-corrected chi connectivity index (χ4v) is 3.87. The Morgan fingerprint density at radius 2 is 1.88 bits per heavy atom. The number of sulfone groups is 1. The van der Waals surface area contributed by atoms with Crippen LogP contribution in [0.3, 0.4) is 0 Å². The molecule has 24 heavy (non-hydrogen) atoms. The molecule has 0 saturated heterocycles. The predicted molar refractivity (Wildman–Crippen MR) is 95.3 cm³/mol. The van der Waals surface area contributed by atoms with Gasteiger partial charge >= 0.3 is 0 Å². The Bertz CT molecular complexity index is 874. The molecule has 1 aliphatic rings. The molecule has 0 aliphatic carbocycles. The van der Waals surface area contributed by atoms with Crippen molar-refractivity contribution in [1.82, 2.24) is 0 Å². The minimum absolute atomic E-state index is 0.151. The molecule has 2 aromatic carbocycles. The number of rotatable bonds is 2. The summed E-state index contributed by atoms with van der Waals surface area (Å²) in [6, 6.07) is 14.2. The van der Waals surface area contributed by atoms with Crippen molar-refractivity contribution >= 4 is 21.4 Å². The lowest BCUT2D eigenvalue weighted by Gasteiger charge is -2.23. The van der Waals surface area contributed by atoms with Gasteiger partial charge in [-0.15, -0.1) is 0 Å². The molecule has 126 valence electrons. The highest BCUT2D eigenvalue weighted by atomic mass is 32.2. The molecule has 1 atom stereocenters. The largest absolute Gasteiger partial charge is 0.308 e. The summed E-state index contributed by atoms with van der Waals surface area (Å²) in [4.78, 5) is 15.0. The van der Waals surface area contributed by atoms with E-state index in [0.717, 1.165) is 24.8 Å². The van der Waals surface area contributed by atoms with Crippen molar-refractivity contribution in [3.8, 4) is 0 Å². The van der Waals surface area contributed by atoms with Gasteiger partial charge in [-0.05, 0) is 48.6 Å². The van der Waals surface area contributed by atoms with Crippen LogP contribution >= 0.6 is 0 Å². The zero-order valence-corrected chi connectivity index (χ0v) is 14.7. The van der Waals surface area contributed by atoms with E-state index in [-0.39, 0.29) is 10.8 Å². The Morgan fingerprint density at radius 1 is 1.12 bits per heavy atom. The van der Waals surface area contributed by atoms with E-state index in [1.807, 2.05) is 18.2 Å². The van der Waals surface area contributed by atoms with Crippen LogP contribution < -0.4 is 4.90 Å². The van der Waals surface area contributed by atoms with Crippen LogP contribution in [-0.2, 0) is 9.84 Å². The Hall–Kier alpha value is -2.14. The van der Waals surface area contributed by atoms with Crippen molar-refractivity contribution in [2.75, 3.05) is 17.7 Å². The first-order valence-corrected chi connectivity index (χ1v) is 9.98. The van der Waals surface area contributed by atoms with Crippen molar-refractivity contribution in [2.45, 2.75) is 30.6 Å². The molecule has 0 radical (unpaired) electrons. The number of amides is 1. The number of nitrogens with zero attached hydrogens (tertiary/aromatic N) is 1. The van der Waals surface area contributed by atoms with E-state index in [1.54, 1.807) is 17.0 Å². The summed E-state index contributed by atoms with van der Waals surface area (Å²) >= 11 is 0. The van der Waals surface area contributed by atoms with Gasteiger partial charge in [-0.2, -0.15) is 0 Å². The van der Waals surface area contributed by atoms with Gasteiger partial charge in [0.15, 0.2) is 9.84 Å². The topological polar surface area (TPSA) is 54.5 Å². The van der Waals surface area contributed by atoms with Gasteiger partial charge in [0.05, 0.1) is 4.90 Å². The second-order valence-corrected chi connectivity index (χ2v) is 8.37. The molecular formula is C19H21NO3S. The maximum Gasteiger partial charge on any atom is 0.258 e. The van der Waals surface area contributed by atoms with Crippen LogP contribution in [-0.4, -0.2) is 27.1 Å². The van der Waals surface area contributed by atoms with Gasteiger partial charge in [-0.25, -0.2) is 8.42 Å². The van der Waals surface area contributed by atoms with Crippen molar-refractivity contribution in [3.05, 3.63) is 59.7 Å². The van der Waals surface area contributed by atoms with E-state index in [1.165, 1.54) is 17.7 Å². The van der Waals surface area contributed by atoms with Crippen LogP contribution in [0.4, 0.5) is 5.69 Å². The molecule has 4 nitrogen and oxygen atoms in total. The number of hydrogen-bond donors (Lipinski definition) is 0. The Morgan fingerprint density at radius 3 is 2.62 bits per heavy atom. The van der Waals surface area contributed by atoms with Crippen molar-refractivity contribution in [1.29, 1.82) is 0 Å². The second-order valence-electron chi connectivity index (χ2n) is 6.36. The van der Waals surface area contributed by atoms with E-state index in [2.05, 4.69) is 13.0 Å². The zero-order chi connectivity index (χ0) is 17.3. The number of carbonyl (C=O) groups excluding carboxylic acids is 1. The minimum Gasteiger partial charge on any atom is -0.308 e. The van der Waals surface area contributed by atoms with Crippen molar-refractivity contribution < 1.29 is 13.2 Å². The number of fused-ring (bicyclic) bond motifs is 1. The lowest BCUT2D eigenvalue weighted by molar-refractivity contribution is 0.0986.